The lowest BCUT2D eigenvalue weighted by molar-refractivity contribution is -0.329. The first-order valence-corrected chi connectivity index (χ1v) is 44.5. The van der Waals surface area contributed by atoms with Gasteiger partial charge in [-0.1, -0.05) is 72.8 Å². The smallest absolute Gasteiger partial charge is 0.294 e. The highest BCUT2D eigenvalue weighted by molar-refractivity contribution is 6.05. The fourth-order valence-corrected chi connectivity index (χ4v) is 18.9. The third-order valence-electron chi connectivity index (χ3n) is 26.7. The molecule has 37 heteroatoms. The van der Waals surface area contributed by atoms with Crippen LogP contribution in [-0.4, -0.2) is 246 Å². The van der Waals surface area contributed by atoms with Crippen LogP contribution >= 0.6 is 0 Å². The lowest BCUT2D eigenvalue weighted by Gasteiger charge is -2.48. The Morgan fingerprint density at radius 2 is 0.647 bits per heavy atom. The highest BCUT2D eigenvalue weighted by Crippen LogP contribution is 2.52. The lowest BCUT2D eigenvalue weighted by atomic mass is 9.77. The van der Waals surface area contributed by atoms with Gasteiger partial charge in [0.25, 0.3) is 5.92 Å². The predicted molar refractivity (Wildman–Crippen MR) is 467 cm³/mol. The average molecular weight is 1910 g/mol. The van der Waals surface area contributed by atoms with Crippen molar-refractivity contribution in [1.29, 1.82) is 0 Å². The Morgan fingerprint density at radius 3 is 0.978 bits per heavy atom. The summed E-state index contributed by atoms with van der Waals surface area (Å²) in [6.45, 7) is -2.73. The third kappa shape index (κ3) is 21.9. The molecule has 0 spiro atoms. The molecule has 29 nitrogen and oxygen atoms in total. The van der Waals surface area contributed by atoms with Crippen LogP contribution in [0.25, 0.3) is 0 Å². The molecular formula is C99H107F8N3O26. The first-order chi connectivity index (χ1) is 65.0. The van der Waals surface area contributed by atoms with Crippen molar-refractivity contribution < 1.29 is 165 Å². The van der Waals surface area contributed by atoms with Gasteiger partial charge in [0.1, 0.15) is 125 Å². The molecule has 0 unspecified atom stereocenters. The van der Waals surface area contributed by atoms with Gasteiger partial charge in [-0.3, -0.25) is 14.4 Å². The van der Waals surface area contributed by atoms with E-state index in [4.69, 9.17) is 23.7 Å². The van der Waals surface area contributed by atoms with E-state index in [1.54, 1.807) is 58.3 Å². The van der Waals surface area contributed by atoms with E-state index in [9.17, 15) is 141 Å². The van der Waals surface area contributed by atoms with Crippen LogP contribution in [0.3, 0.4) is 0 Å². The first-order valence-electron chi connectivity index (χ1n) is 44.5. The quantitative estimate of drug-likeness (QED) is 0.0157. The molecule has 7 aliphatic rings. The maximum Gasteiger partial charge on any atom is 0.294 e. The van der Waals surface area contributed by atoms with E-state index < -0.39 is 237 Å². The maximum absolute atomic E-state index is 15.0. The number of hydrogen-bond acceptors (Lipinski definition) is 26. The van der Waals surface area contributed by atoms with E-state index in [1.807, 2.05) is 0 Å². The molecule has 3 saturated carbocycles. The van der Waals surface area contributed by atoms with E-state index in [2.05, 4.69) is 0 Å². The molecule has 4 heterocycles. The number of aliphatic hydroxyl groups is 18. The van der Waals surface area contributed by atoms with Gasteiger partial charge in [0.05, 0.1) is 91.6 Å². The summed E-state index contributed by atoms with van der Waals surface area (Å²) in [5, 5.41) is 184. The second-order valence-electron chi connectivity index (χ2n) is 35.2. The summed E-state index contributed by atoms with van der Waals surface area (Å²) < 4.78 is 139. The minimum atomic E-state index is -3.89. The van der Waals surface area contributed by atoms with Crippen molar-refractivity contribution in [2.24, 2.45) is 35.5 Å². The van der Waals surface area contributed by atoms with Crippen molar-refractivity contribution in [3.8, 4) is 17.2 Å². The van der Waals surface area contributed by atoms with E-state index in [0.717, 1.165) is 5.56 Å². The highest BCUT2D eigenvalue weighted by atomic mass is 19.3. The van der Waals surface area contributed by atoms with Crippen molar-refractivity contribution >= 4 is 34.8 Å². The molecule has 730 valence electrons. The minimum Gasteiger partial charge on any atom is -0.488 e. The number of hydrogen-bond donors (Lipinski definition) is 18. The van der Waals surface area contributed by atoms with E-state index in [-0.39, 0.29) is 68.6 Å². The number of anilines is 3. The number of halogens is 8. The molecule has 4 saturated heterocycles. The predicted octanol–water partition coefficient (Wildman–Crippen LogP) is 7.14. The number of amides is 3. The van der Waals surface area contributed by atoms with Crippen molar-refractivity contribution in [2.75, 3.05) is 41.1 Å². The molecule has 0 bridgehead atoms. The Hall–Kier alpha value is -10.6. The molecule has 9 aromatic carbocycles. The number of nitrogens with zero attached hydrogens (tertiary/aromatic N) is 3. The number of carbonyl (C=O) groups is 3. The van der Waals surface area contributed by atoms with Crippen LogP contribution < -0.4 is 28.9 Å². The van der Waals surface area contributed by atoms with Crippen molar-refractivity contribution in [3.05, 3.63) is 287 Å². The number of aliphatic hydroxyl groups excluding tert-OH is 18. The van der Waals surface area contributed by atoms with Gasteiger partial charge in [0.15, 0.2) is 12.4 Å². The number of ether oxygens (including phenoxy) is 5. The maximum atomic E-state index is 15.0. The molecule has 3 aliphatic carbocycles. The highest BCUT2D eigenvalue weighted by Gasteiger charge is 2.63. The summed E-state index contributed by atoms with van der Waals surface area (Å²) >= 11 is 0. The zero-order valence-corrected chi connectivity index (χ0v) is 72.7. The third-order valence-corrected chi connectivity index (χ3v) is 26.7. The SMILES string of the molecule is O=C1[C@H](CC[C@H](O)c2ccc(F)cc2)[C@@H](c2ccc(O[C@@H]3C[C@H](CO)[C@@H](O)[C@H](O)[C@H]3O)cc2)N1c1ccc(F)cc1.O=C1[C@H](CC[C@H](O)c2ccc(F)cc2)[C@@H](c2ccc(O[C@@H]3C[C@H](CO)[C@@H](O[C@@H]4O[C@H](CO)[C@@H](O)[C@H](O)[C@H]4O)[C@H](O)[C@H]3O)cc2)N1c1ccc(F)cc1.O=C1[C@H](CC[C@H](O)c2ccc(F)cc2)[C@@H](c2ccc(O[C@H]3[C@H](O)[C@@H](O)[C@H](O)[C@@H](CO)C3(F)F)cc2)N1c1ccc(F)cc1. The number of alkyl halides is 2. The van der Waals surface area contributed by atoms with Gasteiger partial charge >= 0.3 is 0 Å². The topological polar surface area (TPSA) is 471 Å². The Balaban J connectivity index is 0.000000165. The van der Waals surface area contributed by atoms with Gasteiger partial charge in [0, 0.05) is 42.1 Å². The van der Waals surface area contributed by atoms with Crippen LogP contribution in [0.4, 0.5) is 52.2 Å². The van der Waals surface area contributed by atoms with Crippen LogP contribution in [0.2, 0.25) is 0 Å². The first kappa shape index (κ1) is 101. The number of β-lactam (4-membered cyclic amide) rings is 3. The molecule has 0 aromatic heterocycles. The molecule has 7 fully saturated rings. The second kappa shape index (κ2) is 44.1. The van der Waals surface area contributed by atoms with Crippen LogP contribution in [0.5, 0.6) is 17.2 Å². The van der Waals surface area contributed by atoms with Crippen LogP contribution in [0.1, 0.15) is 121 Å². The molecule has 3 amide bonds. The van der Waals surface area contributed by atoms with Crippen LogP contribution in [-0.2, 0) is 23.9 Å². The molecule has 29 atom stereocenters. The summed E-state index contributed by atoms with van der Waals surface area (Å²) in [5.74, 6) is -11.7. The van der Waals surface area contributed by atoms with Gasteiger partial charge in [-0.2, -0.15) is 0 Å². The Morgan fingerprint density at radius 1 is 0.338 bits per heavy atom. The van der Waals surface area contributed by atoms with Crippen molar-refractivity contribution in [1.82, 2.24) is 0 Å². The molecule has 16 rings (SSSR count). The zero-order chi connectivity index (χ0) is 97.6. The Kier molecular flexibility index (Phi) is 32.8. The number of carbonyl (C=O) groups excluding carboxylic acids is 3. The second-order valence-corrected chi connectivity index (χ2v) is 35.2. The fraction of sp³-hybridized carbons (Fsp3) is 0.424. The molecule has 0 radical (unpaired) electrons. The minimum absolute atomic E-state index is 0.00745. The Labute approximate surface area is 774 Å². The van der Waals surface area contributed by atoms with E-state index in [1.165, 1.54) is 175 Å². The zero-order valence-electron chi connectivity index (χ0n) is 72.7. The standard InChI is InChI=1S/C37H43F2NO12.C31H31F4NO7.C31H33F2NO7/c38-21-5-1-18(2-6-21)26(43)14-13-25-29(40(36(25)49)23-9-7-22(39)8-10-23)19-3-11-24(12-4-19)50-27-15-20(16-41)35(33(47)30(27)44)52-37-34(48)32(46)31(45)28(17-42)51-37;32-18-5-1-16(2-6-18)24(38)14-13-22-25(36(30(22)42)20-9-7-19(33)8-10-20)17-3-11-21(12-4-17)43-29-28(41)27(40)26(39)23(15-37)31(29,34)35;32-20-5-1-17(2-6-20)25(36)14-13-24-27(34(31(24)40)22-9-7-21(33)8-10-22)18-3-11-23(12-4-18)41-26-15-19(16-35)28(37)30(39)29(26)38/h1-12,20,25-35,37,41-48H,13-17H2;1-12,22-29,37-41H,13-15H2;1-12,19,24-30,35-39H,13-16H2/t20-,25-,26+,27-,28-,29-,30+,31-,32+,33-,34-,35-,37+;22-,23-,24+,25-,26-,27+,28-,29+;19-,24-,25+,26-,27-,28-,29+,30+/m111/s1. The normalized spacial score (nSPS) is 30.9. The summed E-state index contributed by atoms with van der Waals surface area (Å²) in [5.41, 5.74) is 5.08. The van der Waals surface area contributed by atoms with Crippen molar-refractivity contribution in [2.45, 2.75) is 198 Å². The van der Waals surface area contributed by atoms with Gasteiger partial charge in [-0.15, -0.1) is 0 Å². The largest absolute Gasteiger partial charge is 0.488 e. The fourth-order valence-electron chi connectivity index (χ4n) is 18.9. The monoisotopic (exact) mass is 1910 g/mol. The van der Waals surface area contributed by atoms with E-state index >= 15 is 0 Å². The van der Waals surface area contributed by atoms with Gasteiger partial charge in [-0.25, -0.2) is 35.1 Å². The van der Waals surface area contributed by atoms with Crippen LogP contribution in [0.15, 0.2) is 218 Å². The summed E-state index contributed by atoms with van der Waals surface area (Å²) in [6, 6.07) is 50.8. The summed E-state index contributed by atoms with van der Waals surface area (Å²) in [4.78, 5) is 44.6. The van der Waals surface area contributed by atoms with Crippen LogP contribution in [0, 0.1) is 70.4 Å². The molecule has 9 aromatic rings. The average Bonchev–Trinajstić information content (AvgIpc) is 0.742. The van der Waals surface area contributed by atoms with Crippen molar-refractivity contribution in [3.63, 3.8) is 0 Å². The molecule has 18 N–H and O–H groups in total. The number of rotatable bonds is 30. The van der Waals surface area contributed by atoms with E-state index in [0.29, 0.717) is 69.2 Å². The molecular weight excluding hydrogens is 1800 g/mol. The Bertz CT molecular complexity index is 5410. The lowest BCUT2D eigenvalue weighted by Crippen LogP contribution is -2.67. The van der Waals surface area contributed by atoms with Gasteiger partial charge < -0.3 is 130 Å². The number of benzene rings is 9. The molecule has 136 heavy (non-hydrogen) atoms. The summed E-state index contributed by atoms with van der Waals surface area (Å²) in [7, 11) is 0. The van der Waals surface area contributed by atoms with Gasteiger partial charge in [-0.05, 0) is 230 Å². The van der Waals surface area contributed by atoms with Gasteiger partial charge in [0.2, 0.25) is 17.7 Å². The summed E-state index contributed by atoms with van der Waals surface area (Å²) in [6.07, 6.45) is -27.8. The molecule has 4 aliphatic heterocycles.